The van der Waals surface area contributed by atoms with E-state index in [1.165, 1.54) is 25.7 Å². The van der Waals surface area contributed by atoms with Gasteiger partial charge < -0.3 is 14.8 Å². The van der Waals surface area contributed by atoms with Crippen molar-refractivity contribution in [2.75, 3.05) is 6.61 Å². The highest BCUT2D eigenvalue weighted by molar-refractivity contribution is 5.67. The summed E-state index contributed by atoms with van der Waals surface area (Å²) in [6.45, 7) is 0.263. The van der Waals surface area contributed by atoms with Gasteiger partial charge in [-0.15, -0.1) is 0 Å². The van der Waals surface area contributed by atoms with Crippen molar-refractivity contribution in [2.45, 2.75) is 50.7 Å². The molecule has 0 spiro atoms. The van der Waals surface area contributed by atoms with Gasteiger partial charge in [-0.1, -0.05) is 31.8 Å². The van der Waals surface area contributed by atoms with E-state index in [9.17, 15) is 4.79 Å². The zero-order chi connectivity index (χ0) is 12.6. The van der Waals surface area contributed by atoms with Crippen LogP contribution in [0.25, 0.3) is 0 Å². The van der Waals surface area contributed by atoms with Gasteiger partial charge in [-0.25, -0.2) is 4.79 Å². The third-order valence-electron chi connectivity index (χ3n) is 3.32. The fraction of sp³-hybridized carbons (Fsp3) is 0.643. The highest BCUT2D eigenvalue weighted by Crippen LogP contribution is 2.17. The molecule has 1 N–H and O–H groups in total. The Kier molecular flexibility index (Phi) is 5.12. The van der Waals surface area contributed by atoms with Crippen molar-refractivity contribution < 1.29 is 14.3 Å². The summed E-state index contributed by atoms with van der Waals surface area (Å²) in [5.41, 5.74) is 0. The van der Waals surface area contributed by atoms with Crippen molar-refractivity contribution in [1.29, 1.82) is 0 Å². The lowest BCUT2D eigenvalue weighted by molar-refractivity contribution is 0.0774. The average Bonchev–Trinajstić information content (AvgIpc) is 2.66. The second-order valence-electron chi connectivity index (χ2n) is 4.82. The Labute approximate surface area is 108 Å². The Balaban J connectivity index is 1.64. The maximum absolute atomic E-state index is 11.6. The molecule has 4 nitrogen and oxygen atoms in total. The summed E-state index contributed by atoms with van der Waals surface area (Å²) in [5.74, 6) is 0. The highest BCUT2D eigenvalue weighted by atomic mass is 16.6. The molecule has 1 aliphatic carbocycles. The molecule has 0 saturated heterocycles. The summed E-state index contributed by atoms with van der Waals surface area (Å²) >= 11 is 0. The van der Waals surface area contributed by atoms with E-state index in [1.807, 2.05) is 18.2 Å². The molecule has 4 heteroatoms. The molecule has 1 unspecified atom stereocenters. The monoisotopic (exact) mass is 251 g/mol. The second-order valence-corrected chi connectivity index (χ2v) is 4.82. The van der Waals surface area contributed by atoms with Crippen LogP contribution in [0.15, 0.2) is 24.5 Å². The summed E-state index contributed by atoms with van der Waals surface area (Å²) in [7, 11) is 0. The lowest BCUT2D eigenvalue weighted by atomic mass is 10.1. The second kappa shape index (κ2) is 7.09. The number of rotatable bonds is 3. The Morgan fingerprint density at radius 2 is 2.00 bits per heavy atom. The number of hydrogen-bond donors (Lipinski definition) is 1. The van der Waals surface area contributed by atoms with Crippen LogP contribution in [0, 0.1) is 0 Å². The van der Waals surface area contributed by atoms with Crippen LogP contribution in [0.5, 0.6) is 0 Å². The highest BCUT2D eigenvalue weighted by Gasteiger charge is 2.16. The van der Waals surface area contributed by atoms with Crippen LogP contribution in [-0.4, -0.2) is 24.8 Å². The first-order chi connectivity index (χ1) is 8.84. The minimum absolute atomic E-state index is 0.158. The van der Waals surface area contributed by atoms with Gasteiger partial charge in [0.05, 0.1) is 6.26 Å². The molecular weight excluding hydrogens is 230 g/mol. The largest absolute Gasteiger partial charge is 0.490 e. The maximum atomic E-state index is 11.6. The first-order valence-corrected chi connectivity index (χ1v) is 6.77. The predicted octanol–water partition coefficient (Wildman–Crippen LogP) is 2.90. The Bertz CT molecular complexity index is 317. The molecule has 0 bridgehead atoms. The van der Waals surface area contributed by atoms with Crippen LogP contribution in [0.4, 0.5) is 4.79 Å². The lowest BCUT2D eigenvalue weighted by Crippen LogP contribution is -2.36. The van der Waals surface area contributed by atoms with Crippen LogP contribution in [0.2, 0.25) is 0 Å². The van der Waals surface area contributed by atoms with Crippen LogP contribution < -0.4 is 5.32 Å². The molecule has 0 aromatic carbocycles. The molecule has 1 aliphatic heterocycles. The van der Waals surface area contributed by atoms with Crippen molar-refractivity contribution in [1.82, 2.24) is 5.32 Å². The standard InChI is InChI=1S/C14H21NO3/c16-14(15-12-7-3-1-2-4-8-12)18-11-13-9-5-6-10-17-13/h5-6,9-10,12-13H,1-4,7-8,11H2,(H,15,16). The van der Waals surface area contributed by atoms with Crippen molar-refractivity contribution in [3.05, 3.63) is 24.5 Å². The minimum atomic E-state index is -0.326. The van der Waals surface area contributed by atoms with E-state index in [0.29, 0.717) is 0 Å². The predicted molar refractivity (Wildman–Crippen MR) is 69.1 cm³/mol. The van der Waals surface area contributed by atoms with Crippen LogP contribution in [0.3, 0.4) is 0 Å². The summed E-state index contributed by atoms with van der Waals surface area (Å²) < 4.78 is 10.4. The van der Waals surface area contributed by atoms with Gasteiger partial charge in [0, 0.05) is 6.04 Å². The quantitative estimate of drug-likeness (QED) is 0.784. The van der Waals surface area contributed by atoms with Gasteiger partial charge in [0.1, 0.15) is 6.61 Å². The van der Waals surface area contributed by atoms with Crippen LogP contribution >= 0.6 is 0 Å². The molecule has 0 aromatic heterocycles. The number of hydrogen-bond acceptors (Lipinski definition) is 3. The first-order valence-electron chi connectivity index (χ1n) is 6.77. The van der Waals surface area contributed by atoms with Gasteiger partial charge in [0.25, 0.3) is 0 Å². The van der Waals surface area contributed by atoms with Gasteiger partial charge >= 0.3 is 6.09 Å². The van der Waals surface area contributed by atoms with Gasteiger partial charge in [-0.05, 0) is 25.0 Å². The van der Waals surface area contributed by atoms with Crippen LogP contribution in [-0.2, 0) is 9.47 Å². The number of allylic oxidation sites excluding steroid dienone is 2. The van der Waals surface area contributed by atoms with Crippen molar-refractivity contribution >= 4 is 6.09 Å². The fourth-order valence-corrected chi connectivity index (χ4v) is 2.31. The minimum Gasteiger partial charge on any atom is -0.490 e. The normalized spacial score (nSPS) is 24.1. The number of ether oxygens (including phenoxy) is 2. The molecule has 1 amide bonds. The summed E-state index contributed by atoms with van der Waals surface area (Å²) in [5, 5.41) is 2.94. The third kappa shape index (κ3) is 4.43. The Hall–Kier alpha value is -1.45. The molecule has 2 rings (SSSR count). The number of carbonyl (C=O) groups is 1. The van der Waals surface area contributed by atoms with E-state index in [0.717, 1.165) is 12.8 Å². The molecule has 18 heavy (non-hydrogen) atoms. The molecule has 0 radical (unpaired) electrons. The van der Waals surface area contributed by atoms with E-state index in [2.05, 4.69) is 5.32 Å². The Morgan fingerprint density at radius 3 is 2.67 bits per heavy atom. The van der Waals surface area contributed by atoms with Crippen LogP contribution in [0.1, 0.15) is 38.5 Å². The SMILES string of the molecule is O=C(NC1CCCCCC1)OCC1C=CC=CO1. The molecule has 1 saturated carbocycles. The van der Waals surface area contributed by atoms with E-state index in [4.69, 9.17) is 9.47 Å². The zero-order valence-corrected chi connectivity index (χ0v) is 10.6. The van der Waals surface area contributed by atoms with Gasteiger partial charge in [-0.2, -0.15) is 0 Å². The zero-order valence-electron chi connectivity index (χ0n) is 10.6. The molecular formula is C14H21NO3. The first kappa shape index (κ1) is 13.0. The van der Waals surface area contributed by atoms with E-state index in [1.54, 1.807) is 6.26 Å². The molecule has 0 aromatic rings. The molecule has 1 atom stereocenters. The number of nitrogens with one attached hydrogen (secondary N) is 1. The summed E-state index contributed by atoms with van der Waals surface area (Å²) in [4.78, 5) is 11.6. The van der Waals surface area contributed by atoms with Gasteiger partial charge in [-0.3, -0.25) is 0 Å². The average molecular weight is 251 g/mol. The van der Waals surface area contributed by atoms with Crippen molar-refractivity contribution in [3.8, 4) is 0 Å². The van der Waals surface area contributed by atoms with Crippen molar-refractivity contribution in [2.24, 2.45) is 0 Å². The van der Waals surface area contributed by atoms with Gasteiger partial charge in [0.2, 0.25) is 0 Å². The maximum Gasteiger partial charge on any atom is 0.407 e. The van der Waals surface area contributed by atoms with E-state index in [-0.39, 0.29) is 24.8 Å². The summed E-state index contributed by atoms with van der Waals surface area (Å²) in [6.07, 6.45) is 13.8. The van der Waals surface area contributed by atoms with Gasteiger partial charge in [0.15, 0.2) is 6.10 Å². The molecule has 100 valence electrons. The van der Waals surface area contributed by atoms with Crippen molar-refractivity contribution in [3.63, 3.8) is 0 Å². The number of alkyl carbamates (subject to hydrolysis) is 1. The molecule has 1 heterocycles. The van der Waals surface area contributed by atoms with E-state index < -0.39 is 0 Å². The van der Waals surface area contributed by atoms with E-state index >= 15 is 0 Å². The third-order valence-corrected chi connectivity index (χ3v) is 3.32. The topological polar surface area (TPSA) is 47.6 Å². The number of carbonyl (C=O) groups excluding carboxylic acids is 1. The molecule has 1 fully saturated rings. The smallest absolute Gasteiger partial charge is 0.407 e. The number of amides is 1. The fourth-order valence-electron chi connectivity index (χ4n) is 2.31. The molecule has 2 aliphatic rings. The summed E-state index contributed by atoms with van der Waals surface area (Å²) in [6, 6.07) is 0.280. The lowest BCUT2D eigenvalue weighted by Gasteiger charge is -2.18. The Morgan fingerprint density at radius 1 is 1.22 bits per heavy atom.